The van der Waals surface area contributed by atoms with Crippen molar-refractivity contribution >= 4 is 39.2 Å². The van der Waals surface area contributed by atoms with Crippen LogP contribution in [0.2, 0.25) is 0 Å². The summed E-state index contributed by atoms with van der Waals surface area (Å²) in [5.41, 5.74) is 0.983. The summed E-state index contributed by atoms with van der Waals surface area (Å²) >= 11 is 3.38. The van der Waals surface area contributed by atoms with Gasteiger partial charge in [-0.05, 0) is 29.8 Å². The normalized spacial score (nSPS) is 15.8. The number of benzene rings is 2. The van der Waals surface area contributed by atoms with Crippen LogP contribution < -0.4 is 5.32 Å². The maximum absolute atomic E-state index is 12.7. The van der Waals surface area contributed by atoms with E-state index in [2.05, 4.69) is 21.2 Å². The number of hydrogen-bond donors (Lipinski definition) is 1. The molecule has 0 spiro atoms. The van der Waals surface area contributed by atoms with Gasteiger partial charge in [0.1, 0.15) is 0 Å². The Kier molecular flexibility index (Phi) is 3.56. The molecule has 1 aliphatic rings. The number of nitrogens with one attached hydrogen (secondary N) is 1. The summed E-state index contributed by atoms with van der Waals surface area (Å²) in [5, 5.41) is 2.48. The van der Waals surface area contributed by atoms with Crippen LogP contribution in [-0.4, -0.2) is 5.91 Å². The average Bonchev–Trinajstić information content (AvgIpc) is 2.76. The number of amides is 1. The zero-order valence-corrected chi connectivity index (χ0v) is 12.6. The topological polar surface area (TPSA) is 29.1 Å². The molecule has 0 radical (unpaired) electrons. The van der Waals surface area contributed by atoms with Crippen molar-refractivity contribution in [2.24, 2.45) is 0 Å². The van der Waals surface area contributed by atoms with Gasteiger partial charge in [0.2, 0.25) is 0 Å². The molecule has 1 N–H and O–H groups in total. The van der Waals surface area contributed by atoms with Crippen LogP contribution in [-0.2, 0) is 11.0 Å². The van der Waals surface area contributed by atoms with Gasteiger partial charge < -0.3 is 5.32 Å². The van der Waals surface area contributed by atoms with Crippen LogP contribution in [0.15, 0.2) is 46.9 Å². The molecule has 3 rings (SSSR count). The third kappa shape index (κ3) is 2.66. The SMILES string of the molecule is O=C1Nc2cc(C(F)(F)F)ccc2/C1=C/c1ccccc1Br. The fraction of sp³-hybridized carbons (Fsp3) is 0.0625. The number of halogens is 4. The molecule has 2 aromatic rings. The van der Waals surface area contributed by atoms with Gasteiger partial charge in [0, 0.05) is 21.3 Å². The van der Waals surface area contributed by atoms with Crippen LogP contribution in [0.3, 0.4) is 0 Å². The first kappa shape index (κ1) is 14.8. The summed E-state index contributed by atoms with van der Waals surface area (Å²) in [4.78, 5) is 12.0. The highest BCUT2D eigenvalue weighted by atomic mass is 79.9. The molecule has 0 fully saturated rings. The minimum Gasteiger partial charge on any atom is -0.321 e. The van der Waals surface area contributed by atoms with Gasteiger partial charge in [0.25, 0.3) is 5.91 Å². The molecule has 1 amide bonds. The highest BCUT2D eigenvalue weighted by Crippen LogP contribution is 2.38. The van der Waals surface area contributed by atoms with E-state index in [1.165, 1.54) is 6.07 Å². The lowest BCUT2D eigenvalue weighted by atomic mass is 10.0. The first-order valence-electron chi connectivity index (χ1n) is 6.35. The molecule has 6 heteroatoms. The summed E-state index contributed by atoms with van der Waals surface area (Å²) in [6.07, 6.45) is -2.78. The Morgan fingerprint density at radius 2 is 1.82 bits per heavy atom. The van der Waals surface area contributed by atoms with Crippen LogP contribution in [0.4, 0.5) is 18.9 Å². The third-order valence-electron chi connectivity index (χ3n) is 3.33. The van der Waals surface area contributed by atoms with Crippen molar-refractivity contribution in [3.8, 4) is 0 Å². The standard InChI is InChI=1S/C16H9BrF3NO/c17-13-4-2-1-3-9(13)7-12-11-6-5-10(16(18,19)20)8-14(11)21-15(12)22/h1-8H,(H,21,22)/b12-7-. The Labute approximate surface area is 132 Å². The van der Waals surface area contributed by atoms with Crippen LogP contribution in [0.5, 0.6) is 0 Å². The number of hydrogen-bond acceptors (Lipinski definition) is 1. The molecular weight excluding hydrogens is 359 g/mol. The number of alkyl halides is 3. The molecular formula is C16H9BrF3NO. The Morgan fingerprint density at radius 1 is 1.09 bits per heavy atom. The molecule has 0 atom stereocenters. The Bertz CT molecular complexity index is 796. The molecule has 0 saturated heterocycles. The maximum atomic E-state index is 12.7. The largest absolute Gasteiger partial charge is 0.416 e. The van der Waals surface area contributed by atoms with Gasteiger partial charge >= 0.3 is 6.18 Å². The van der Waals surface area contributed by atoms with Crippen molar-refractivity contribution in [3.05, 3.63) is 63.6 Å². The van der Waals surface area contributed by atoms with Gasteiger partial charge in [-0.1, -0.05) is 40.2 Å². The van der Waals surface area contributed by atoms with Crippen molar-refractivity contribution < 1.29 is 18.0 Å². The molecule has 2 aromatic carbocycles. The van der Waals surface area contributed by atoms with Crippen molar-refractivity contribution in [2.75, 3.05) is 5.32 Å². The molecule has 0 unspecified atom stereocenters. The monoisotopic (exact) mass is 367 g/mol. The second-order valence-corrected chi connectivity index (χ2v) is 5.65. The lowest BCUT2D eigenvalue weighted by Gasteiger charge is -2.08. The number of rotatable bonds is 1. The Morgan fingerprint density at radius 3 is 2.50 bits per heavy atom. The Balaban J connectivity index is 2.08. The van der Waals surface area contributed by atoms with Gasteiger partial charge in [0.05, 0.1) is 5.56 Å². The smallest absolute Gasteiger partial charge is 0.321 e. The molecule has 1 heterocycles. The van der Waals surface area contributed by atoms with Crippen molar-refractivity contribution in [1.82, 2.24) is 0 Å². The summed E-state index contributed by atoms with van der Waals surface area (Å²) in [6.45, 7) is 0. The first-order valence-corrected chi connectivity index (χ1v) is 7.15. The van der Waals surface area contributed by atoms with Gasteiger partial charge in [-0.15, -0.1) is 0 Å². The molecule has 0 saturated carbocycles. The zero-order valence-electron chi connectivity index (χ0n) is 11.0. The Hall–Kier alpha value is -2.08. The van der Waals surface area contributed by atoms with E-state index in [9.17, 15) is 18.0 Å². The minimum absolute atomic E-state index is 0.179. The van der Waals surface area contributed by atoms with E-state index < -0.39 is 17.6 Å². The summed E-state index contributed by atoms with van der Waals surface area (Å²) in [7, 11) is 0. The van der Waals surface area contributed by atoms with E-state index in [0.717, 1.165) is 22.2 Å². The predicted octanol–water partition coefficient (Wildman–Crippen LogP) is 4.96. The van der Waals surface area contributed by atoms with E-state index in [1.54, 1.807) is 6.08 Å². The fourth-order valence-electron chi connectivity index (χ4n) is 2.26. The molecule has 112 valence electrons. The minimum atomic E-state index is -4.44. The number of anilines is 1. The van der Waals surface area contributed by atoms with Gasteiger partial charge in [-0.3, -0.25) is 4.79 Å². The van der Waals surface area contributed by atoms with Crippen molar-refractivity contribution in [2.45, 2.75) is 6.18 Å². The second kappa shape index (κ2) is 5.28. The summed E-state index contributed by atoms with van der Waals surface area (Å²) < 4.78 is 39.0. The highest BCUT2D eigenvalue weighted by molar-refractivity contribution is 9.10. The summed E-state index contributed by atoms with van der Waals surface area (Å²) in [5.74, 6) is -0.412. The molecule has 0 bridgehead atoms. The van der Waals surface area contributed by atoms with Gasteiger partial charge in [0.15, 0.2) is 0 Å². The van der Waals surface area contributed by atoms with Crippen LogP contribution in [0.1, 0.15) is 16.7 Å². The van der Waals surface area contributed by atoms with Crippen LogP contribution >= 0.6 is 15.9 Å². The van der Waals surface area contributed by atoms with E-state index in [-0.39, 0.29) is 5.69 Å². The number of fused-ring (bicyclic) bond motifs is 1. The molecule has 0 aromatic heterocycles. The summed E-state index contributed by atoms with van der Waals surface area (Å²) in [6, 6.07) is 10.5. The molecule has 2 nitrogen and oxygen atoms in total. The van der Waals surface area contributed by atoms with E-state index in [0.29, 0.717) is 11.1 Å². The number of carbonyl (C=O) groups is 1. The second-order valence-electron chi connectivity index (χ2n) is 4.79. The van der Waals surface area contributed by atoms with Crippen molar-refractivity contribution in [3.63, 3.8) is 0 Å². The molecule has 0 aliphatic carbocycles. The zero-order chi connectivity index (χ0) is 15.9. The number of carbonyl (C=O) groups excluding carboxylic acids is 1. The fourth-order valence-corrected chi connectivity index (χ4v) is 2.66. The van der Waals surface area contributed by atoms with E-state index >= 15 is 0 Å². The molecule has 22 heavy (non-hydrogen) atoms. The van der Waals surface area contributed by atoms with E-state index in [1.807, 2.05) is 24.3 Å². The lowest BCUT2D eigenvalue weighted by Crippen LogP contribution is -2.06. The van der Waals surface area contributed by atoms with Crippen LogP contribution in [0.25, 0.3) is 11.6 Å². The van der Waals surface area contributed by atoms with Gasteiger partial charge in [-0.2, -0.15) is 13.2 Å². The lowest BCUT2D eigenvalue weighted by molar-refractivity contribution is -0.137. The van der Waals surface area contributed by atoms with E-state index in [4.69, 9.17) is 0 Å². The first-order chi connectivity index (χ1) is 10.4. The molecule has 1 aliphatic heterocycles. The van der Waals surface area contributed by atoms with Crippen molar-refractivity contribution in [1.29, 1.82) is 0 Å². The highest BCUT2D eigenvalue weighted by Gasteiger charge is 2.33. The predicted molar refractivity (Wildman–Crippen MR) is 82.1 cm³/mol. The quantitative estimate of drug-likeness (QED) is 0.709. The van der Waals surface area contributed by atoms with Crippen LogP contribution in [0, 0.1) is 0 Å². The third-order valence-corrected chi connectivity index (χ3v) is 4.06. The van der Waals surface area contributed by atoms with Gasteiger partial charge in [-0.25, -0.2) is 0 Å². The maximum Gasteiger partial charge on any atom is 0.416 e. The average molecular weight is 368 g/mol.